The van der Waals surface area contributed by atoms with Crippen LogP contribution in [0.1, 0.15) is 26.7 Å². The Morgan fingerprint density at radius 2 is 2.38 bits per heavy atom. The fraction of sp³-hybridized carbons (Fsp3) is 0.778. The fourth-order valence-corrected chi connectivity index (χ4v) is 1.73. The molecule has 0 aromatic rings. The summed E-state index contributed by atoms with van der Waals surface area (Å²) in [4.78, 5) is 24.1. The van der Waals surface area contributed by atoms with Crippen molar-refractivity contribution in [2.45, 2.75) is 32.7 Å². The highest BCUT2D eigenvalue weighted by atomic mass is 16.2. The van der Waals surface area contributed by atoms with E-state index >= 15 is 0 Å². The number of carbonyl (C=O) groups is 2. The Morgan fingerprint density at radius 1 is 1.77 bits per heavy atom. The van der Waals surface area contributed by atoms with E-state index in [1.165, 1.54) is 0 Å². The van der Waals surface area contributed by atoms with Gasteiger partial charge in [0.25, 0.3) is 0 Å². The van der Waals surface area contributed by atoms with Crippen molar-refractivity contribution in [1.29, 1.82) is 0 Å². The van der Waals surface area contributed by atoms with Gasteiger partial charge in [-0.1, -0.05) is 13.8 Å². The number of likely N-dealkylation sites (tertiary alicyclic amines) is 1. The van der Waals surface area contributed by atoms with E-state index in [4.69, 9.17) is 5.73 Å². The zero-order valence-corrected chi connectivity index (χ0v) is 8.12. The lowest BCUT2D eigenvalue weighted by atomic mass is 10.1. The lowest BCUT2D eigenvalue weighted by Gasteiger charge is -2.23. The third-order valence-electron chi connectivity index (χ3n) is 2.60. The molecule has 0 aromatic carbocycles. The van der Waals surface area contributed by atoms with E-state index in [1.807, 2.05) is 13.8 Å². The minimum Gasteiger partial charge on any atom is -0.368 e. The summed E-state index contributed by atoms with van der Waals surface area (Å²) in [5.41, 5.74) is 5.20. The van der Waals surface area contributed by atoms with Gasteiger partial charge in [0.1, 0.15) is 6.04 Å². The Hall–Kier alpha value is -1.06. The largest absolute Gasteiger partial charge is 0.368 e. The molecule has 0 radical (unpaired) electrons. The Morgan fingerprint density at radius 3 is 2.69 bits per heavy atom. The molecule has 4 nitrogen and oxygen atoms in total. The normalized spacial score (nSPS) is 24.9. The third-order valence-corrected chi connectivity index (χ3v) is 2.60. The topological polar surface area (TPSA) is 63.4 Å². The first-order valence-corrected chi connectivity index (χ1v) is 4.67. The second kappa shape index (κ2) is 3.77. The van der Waals surface area contributed by atoms with Crippen LogP contribution in [0.4, 0.5) is 0 Å². The summed E-state index contributed by atoms with van der Waals surface area (Å²) < 4.78 is 0. The Labute approximate surface area is 78.1 Å². The van der Waals surface area contributed by atoms with Crippen LogP contribution in [0.15, 0.2) is 0 Å². The minimum absolute atomic E-state index is 0.0494. The zero-order valence-electron chi connectivity index (χ0n) is 8.12. The average molecular weight is 184 g/mol. The first kappa shape index (κ1) is 10.0. The molecule has 74 valence electrons. The van der Waals surface area contributed by atoms with Gasteiger partial charge in [-0.3, -0.25) is 9.59 Å². The summed E-state index contributed by atoms with van der Waals surface area (Å²) in [7, 11) is 0. The first-order chi connectivity index (χ1) is 6.07. The molecular weight excluding hydrogens is 168 g/mol. The molecule has 2 atom stereocenters. The van der Waals surface area contributed by atoms with Crippen molar-refractivity contribution in [3.05, 3.63) is 0 Å². The van der Waals surface area contributed by atoms with Gasteiger partial charge in [-0.15, -0.1) is 0 Å². The van der Waals surface area contributed by atoms with Crippen LogP contribution in [-0.4, -0.2) is 29.3 Å². The highest BCUT2D eigenvalue weighted by molar-refractivity contribution is 5.88. The van der Waals surface area contributed by atoms with Gasteiger partial charge in [0, 0.05) is 12.5 Å². The molecule has 2 N–H and O–H groups in total. The second-order valence-corrected chi connectivity index (χ2v) is 3.55. The summed E-state index contributed by atoms with van der Waals surface area (Å²) in [5, 5.41) is 0. The zero-order chi connectivity index (χ0) is 10.0. The van der Waals surface area contributed by atoms with Crippen LogP contribution in [0.2, 0.25) is 0 Å². The summed E-state index contributed by atoms with van der Waals surface area (Å²) in [6, 6.07) is -0.405. The highest BCUT2D eigenvalue weighted by Crippen LogP contribution is 2.20. The molecule has 1 fully saturated rings. The number of amides is 2. The van der Waals surface area contributed by atoms with E-state index < -0.39 is 11.9 Å². The van der Waals surface area contributed by atoms with Gasteiger partial charge >= 0.3 is 0 Å². The lowest BCUT2D eigenvalue weighted by molar-refractivity contribution is -0.138. The number of carbonyl (C=O) groups excluding carboxylic acids is 2. The Balaban J connectivity index is 2.71. The van der Waals surface area contributed by atoms with Gasteiger partial charge in [-0.2, -0.15) is 0 Å². The number of primary amides is 1. The lowest BCUT2D eigenvalue weighted by Crippen LogP contribution is -2.45. The van der Waals surface area contributed by atoms with Crippen LogP contribution < -0.4 is 5.73 Å². The maximum absolute atomic E-state index is 11.5. The molecule has 4 heteroatoms. The van der Waals surface area contributed by atoms with Gasteiger partial charge in [-0.25, -0.2) is 0 Å². The number of hydrogen-bond acceptors (Lipinski definition) is 2. The molecule has 0 saturated carbocycles. The van der Waals surface area contributed by atoms with E-state index in [0.29, 0.717) is 13.0 Å². The number of nitrogens with zero attached hydrogens (tertiary/aromatic N) is 1. The van der Waals surface area contributed by atoms with E-state index in [2.05, 4.69) is 0 Å². The minimum atomic E-state index is -0.405. The number of hydrogen-bond donors (Lipinski definition) is 1. The predicted octanol–water partition coefficient (Wildman–Crippen LogP) is 0.119. The molecule has 1 saturated heterocycles. The van der Waals surface area contributed by atoms with Crippen molar-refractivity contribution in [3.63, 3.8) is 0 Å². The Kier molecular flexibility index (Phi) is 2.90. The van der Waals surface area contributed by atoms with Crippen molar-refractivity contribution in [3.8, 4) is 0 Å². The van der Waals surface area contributed by atoms with Crippen LogP contribution in [-0.2, 0) is 9.59 Å². The molecule has 0 aliphatic carbocycles. The first-order valence-electron chi connectivity index (χ1n) is 4.67. The molecule has 0 spiro atoms. The van der Waals surface area contributed by atoms with Gasteiger partial charge in [0.05, 0.1) is 0 Å². The molecule has 1 heterocycles. The van der Waals surface area contributed by atoms with Crippen molar-refractivity contribution in [1.82, 2.24) is 4.90 Å². The quantitative estimate of drug-likeness (QED) is 0.677. The standard InChI is InChI=1S/C9H16N2O2/c1-3-7(8(10)12)11-5-4-6(2)9(11)13/h6-7H,3-5H2,1-2H3,(H2,10,12). The van der Waals surface area contributed by atoms with Gasteiger partial charge in [0.2, 0.25) is 11.8 Å². The molecule has 1 rings (SSSR count). The van der Waals surface area contributed by atoms with Crippen LogP contribution in [0.25, 0.3) is 0 Å². The smallest absolute Gasteiger partial charge is 0.240 e. The molecule has 2 unspecified atom stereocenters. The fourth-order valence-electron chi connectivity index (χ4n) is 1.73. The third kappa shape index (κ3) is 1.82. The number of rotatable bonds is 3. The summed E-state index contributed by atoms with van der Waals surface area (Å²) in [6.45, 7) is 4.42. The molecule has 1 aliphatic heterocycles. The van der Waals surface area contributed by atoms with Crippen molar-refractivity contribution in [2.75, 3.05) is 6.54 Å². The monoisotopic (exact) mass is 184 g/mol. The maximum Gasteiger partial charge on any atom is 0.240 e. The van der Waals surface area contributed by atoms with Crippen LogP contribution >= 0.6 is 0 Å². The van der Waals surface area contributed by atoms with E-state index in [1.54, 1.807) is 4.90 Å². The SMILES string of the molecule is CCC(C(N)=O)N1CCC(C)C1=O. The van der Waals surface area contributed by atoms with Crippen LogP contribution in [0.5, 0.6) is 0 Å². The molecule has 0 bridgehead atoms. The molecular formula is C9H16N2O2. The van der Waals surface area contributed by atoms with E-state index in [9.17, 15) is 9.59 Å². The predicted molar refractivity (Wildman–Crippen MR) is 48.8 cm³/mol. The summed E-state index contributed by atoms with van der Waals surface area (Å²) in [5.74, 6) is -0.288. The van der Waals surface area contributed by atoms with Crippen molar-refractivity contribution < 1.29 is 9.59 Å². The van der Waals surface area contributed by atoms with E-state index in [0.717, 1.165) is 6.42 Å². The van der Waals surface area contributed by atoms with E-state index in [-0.39, 0.29) is 11.8 Å². The molecule has 13 heavy (non-hydrogen) atoms. The summed E-state index contributed by atoms with van der Waals surface area (Å²) in [6.07, 6.45) is 1.44. The van der Waals surface area contributed by atoms with Gasteiger partial charge in [0.15, 0.2) is 0 Å². The molecule has 0 aromatic heterocycles. The molecule has 1 aliphatic rings. The van der Waals surface area contributed by atoms with Gasteiger partial charge in [-0.05, 0) is 12.8 Å². The second-order valence-electron chi connectivity index (χ2n) is 3.55. The van der Waals surface area contributed by atoms with Crippen LogP contribution in [0, 0.1) is 5.92 Å². The summed E-state index contributed by atoms with van der Waals surface area (Å²) >= 11 is 0. The van der Waals surface area contributed by atoms with Crippen molar-refractivity contribution >= 4 is 11.8 Å². The maximum atomic E-state index is 11.5. The van der Waals surface area contributed by atoms with Gasteiger partial charge < -0.3 is 10.6 Å². The molecule has 2 amide bonds. The Bertz CT molecular complexity index is 228. The van der Waals surface area contributed by atoms with Crippen LogP contribution in [0.3, 0.4) is 0 Å². The average Bonchev–Trinajstić information content (AvgIpc) is 2.37. The highest BCUT2D eigenvalue weighted by Gasteiger charge is 2.34. The number of nitrogens with two attached hydrogens (primary N) is 1. The van der Waals surface area contributed by atoms with Crippen molar-refractivity contribution in [2.24, 2.45) is 11.7 Å².